The van der Waals surface area contributed by atoms with Gasteiger partial charge in [0, 0.05) is 28.9 Å². The number of anilines is 1. The summed E-state index contributed by atoms with van der Waals surface area (Å²) in [7, 11) is 0. The van der Waals surface area contributed by atoms with Crippen LogP contribution in [0.4, 0.5) is 5.69 Å². The number of aryl methyl sites for hydroxylation is 1. The lowest BCUT2D eigenvalue weighted by Gasteiger charge is -2.21. The Hall–Kier alpha value is -3.05. The Kier molecular flexibility index (Phi) is 7.31. The predicted molar refractivity (Wildman–Crippen MR) is 121 cm³/mol. The molecule has 1 heterocycles. The van der Waals surface area contributed by atoms with Crippen LogP contribution in [0.1, 0.15) is 24.5 Å². The minimum Gasteiger partial charge on any atom is -0.488 e. The van der Waals surface area contributed by atoms with Gasteiger partial charge in [0.1, 0.15) is 18.9 Å². The van der Waals surface area contributed by atoms with Gasteiger partial charge in [-0.1, -0.05) is 42.8 Å². The van der Waals surface area contributed by atoms with Crippen molar-refractivity contribution in [3.05, 3.63) is 76.3 Å². The summed E-state index contributed by atoms with van der Waals surface area (Å²) in [4.78, 5) is 26.7. The molecule has 0 saturated carbocycles. The van der Waals surface area contributed by atoms with E-state index < -0.39 is 0 Å². The maximum atomic E-state index is 12.7. The highest BCUT2D eigenvalue weighted by atomic mass is 35.5. The van der Waals surface area contributed by atoms with Crippen LogP contribution in [0, 0.1) is 6.92 Å². The summed E-state index contributed by atoms with van der Waals surface area (Å²) in [5.74, 6) is 0.334. The number of benzene rings is 2. The maximum Gasteiger partial charge on any atom is 0.247 e. The largest absolute Gasteiger partial charge is 0.488 e. The first-order chi connectivity index (χ1) is 14.5. The zero-order valence-electron chi connectivity index (χ0n) is 17.2. The molecule has 0 unspecified atom stereocenters. The summed E-state index contributed by atoms with van der Waals surface area (Å²) in [6.45, 7) is 4.78. The number of hydrogen-bond acceptors (Lipinski definition) is 3. The van der Waals surface area contributed by atoms with Crippen LogP contribution in [0.3, 0.4) is 0 Å². The number of nitrogens with zero attached hydrogens (tertiary/aromatic N) is 1. The minimum absolute atomic E-state index is 0.000658. The number of fused-ring (bicyclic) bond motifs is 1. The lowest BCUT2D eigenvalue weighted by atomic mass is 10.1. The van der Waals surface area contributed by atoms with Crippen molar-refractivity contribution in [2.75, 3.05) is 25.0 Å². The van der Waals surface area contributed by atoms with Crippen molar-refractivity contribution in [1.29, 1.82) is 0 Å². The average Bonchev–Trinajstić information content (AvgIpc) is 2.73. The van der Waals surface area contributed by atoms with Gasteiger partial charge < -0.3 is 15.0 Å². The van der Waals surface area contributed by atoms with Gasteiger partial charge >= 0.3 is 0 Å². The Morgan fingerprint density at radius 1 is 1.23 bits per heavy atom. The molecule has 0 saturated heterocycles. The van der Waals surface area contributed by atoms with Gasteiger partial charge in [0.25, 0.3) is 0 Å². The van der Waals surface area contributed by atoms with Crippen LogP contribution >= 0.6 is 11.6 Å². The molecule has 2 aromatic rings. The van der Waals surface area contributed by atoms with Crippen LogP contribution in [0.25, 0.3) is 6.08 Å². The number of halogens is 1. The van der Waals surface area contributed by atoms with E-state index in [1.54, 1.807) is 17.0 Å². The van der Waals surface area contributed by atoms with E-state index in [1.807, 2.05) is 56.3 Å². The normalized spacial score (nSPS) is 12.7. The van der Waals surface area contributed by atoms with Crippen molar-refractivity contribution in [3.63, 3.8) is 0 Å². The lowest BCUT2D eigenvalue weighted by Crippen LogP contribution is -2.37. The second kappa shape index (κ2) is 10.1. The smallest absolute Gasteiger partial charge is 0.247 e. The Morgan fingerprint density at radius 2 is 2.03 bits per heavy atom. The predicted octanol–water partition coefficient (Wildman–Crippen LogP) is 4.86. The highest BCUT2D eigenvalue weighted by molar-refractivity contribution is 6.30. The van der Waals surface area contributed by atoms with Crippen molar-refractivity contribution in [2.45, 2.75) is 20.3 Å². The van der Waals surface area contributed by atoms with Crippen LogP contribution in [-0.4, -0.2) is 36.4 Å². The van der Waals surface area contributed by atoms with Gasteiger partial charge in [-0.25, -0.2) is 0 Å². The van der Waals surface area contributed by atoms with Gasteiger partial charge in [0.05, 0.1) is 0 Å². The fourth-order valence-corrected chi connectivity index (χ4v) is 3.34. The molecular weight excluding hydrogens is 400 g/mol. The highest BCUT2D eigenvalue weighted by Gasteiger charge is 2.16. The van der Waals surface area contributed by atoms with Gasteiger partial charge in [-0.2, -0.15) is 0 Å². The van der Waals surface area contributed by atoms with E-state index in [9.17, 15) is 9.59 Å². The van der Waals surface area contributed by atoms with E-state index in [2.05, 4.69) is 5.32 Å². The fraction of sp³-hybridized carbons (Fsp3) is 0.250. The SMILES string of the molecule is CCCN(CC(=O)Nc1ccccc1C)C(=O)/C=C/C1=Cc2cc(Cl)ccc2OC1. The summed E-state index contributed by atoms with van der Waals surface area (Å²) in [6, 6.07) is 13.0. The van der Waals surface area contributed by atoms with Crippen LogP contribution in [-0.2, 0) is 9.59 Å². The van der Waals surface area contributed by atoms with Crippen molar-refractivity contribution >= 4 is 35.2 Å². The first-order valence-electron chi connectivity index (χ1n) is 9.91. The van der Waals surface area contributed by atoms with E-state index in [1.165, 1.54) is 6.08 Å². The number of hydrogen-bond donors (Lipinski definition) is 1. The maximum absolute atomic E-state index is 12.7. The minimum atomic E-state index is -0.219. The fourth-order valence-electron chi connectivity index (χ4n) is 3.16. The van der Waals surface area contributed by atoms with E-state index >= 15 is 0 Å². The van der Waals surface area contributed by atoms with E-state index in [-0.39, 0.29) is 18.4 Å². The molecule has 0 aliphatic carbocycles. The van der Waals surface area contributed by atoms with E-state index in [0.29, 0.717) is 18.2 Å². The molecule has 6 heteroatoms. The molecule has 0 spiro atoms. The molecule has 0 radical (unpaired) electrons. The monoisotopic (exact) mass is 424 g/mol. The molecule has 1 N–H and O–H groups in total. The third kappa shape index (κ3) is 5.74. The molecule has 0 atom stereocenters. The van der Waals surface area contributed by atoms with Crippen molar-refractivity contribution < 1.29 is 14.3 Å². The molecule has 0 aromatic heterocycles. The Balaban J connectivity index is 1.65. The molecular formula is C24H25ClN2O3. The van der Waals surface area contributed by atoms with Crippen molar-refractivity contribution in [3.8, 4) is 5.75 Å². The number of para-hydroxylation sites is 1. The Labute approximate surface area is 182 Å². The molecule has 156 valence electrons. The molecule has 30 heavy (non-hydrogen) atoms. The van der Waals surface area contributed by atoms with Crippen LogP contribution in [0.15, 0.2) is 60.2 Å². The molecule has 0 fully saturated rings. The number of amides is 2. The summed E-state index contributed by atoms with van der Waals surface area (Å²) in [6.07, 6.45) is 5.92. The summed E-state index contributed by atoms with van der Waals surface area (Å²) in [5, 5.41) is 3.50. The van der Waals surface area contributed by atoms with Gasteiger partial charge in [-0.3, -0.25) is 9.59 Å². The van der Waals surface area contributed by atoms with Crippen LogP contribution in [0.2, 0.25) is 5.02 Å². The first kappa shape index (κ1) is 21.7. The third-order valence-corrected chi connectivity index (χ3v) is 4.94. The summed E-state index contributed by atoms with van der Waals surface area (Å²) in [5.41, 5.74) is 3.47. The van der Waals surface area contributed by atoms with Gasteiger partial charge in [-0.05, 0) is 54.8 Å². The number of carbonyl (C=O) groups excluding carboxylic acids is 2. The van der Waals surface area contributed by atoms with Crippen LogP contribution in [0.5, 0.6) is 5.75 Å². The van der Waals surface area contributed by atoms with Crippen LogP contribution < -0.4 is 10.1 Å². The number of nitrogens with one attached hydrogen (secondary N) is 1. The topological polar surface area (TPSA) is 58.6 Å². The number of carbonyl (C=O) groups is 2. The van der Waals surface area contributed by atoms with Gasteiger partial charge in [0.15, 0.2) is 0 Å². The first-order valence-corrected chi connectivity index (χ1v) is 10.3. The molecule has 2 amide bonds. The van der Waals surface area contributed by atoms with Gasteiger partial charge in [-0.15, -0.1) is 0 Å². The summed E-state index contributed by atoms with van der Waals surface area (Å²) < 4.78 is 5.71. The Morgan fingerprint density at radius 3 is 2.80 bits per heavy atom. The molecule has 2 aromatic carbocycles. The zero-order chi connectivity index (χ0) is 21.5. The van der Waals surface area contributed by atoms with E-state index in [0.717, 1.165) is 34.6 Å². The Bertz CT molecular complexity index is 998. The standard InChI is InChI=1S/C24H25ClN2O3/c1-3-12-27(15-23(28)26-21-7-5-4-6-17(21)2)24(29)11-8-18-13-19-14-20(25)9-10-22(19)30-16-18/h4-11,13-14H,3,12,15-16H2,1-2H3,(H,26,28)/b11-8+. The third-order valence-electron chi connectivity index (χ3n) is 4.71. The second-order valence-electron chi connectivity index (χ2n) is 7.15. The lowest BCUT2D eigenvalue weighted by molar-refractivity contribution is -0.130. The second-order valence-corrected chi connectivity index (χ2v) is 7.58. The molecule has 1 aliphatic rings. The average molecular weight is 425 g/mol. The zero-order valence-corrected chi connectivity index (χ0v) is 17.9. The van der Waals surface area contributed by atoms with Crippen molar-refractivity contribution in [2.24, 2.45) is 0 Å². The summed E-state index contributed by atoms with van der Waals surface area (Å²) >= 11 is 6.04. The molecule has 5 nitrogen and oxygen atoms in total. The number of ether oxygens (including phenoxy) is 1. The molecule has 0 bridgehead atoms. The molecule has 3 rings (SSSR count). The quantitative estimate of drug-likeness (QED) is 0.646. The van der Waals surface area contributed by atoms with Crippen molar-refractivity contribution in [1.82, 2.24) is 4.90 Å². The van der Waals surface area contributed by atoms with E-state index in [4.69, 9.17) is 16.3 Å². The van der Waals surface area contributed by atoms with Gasteiger partial charge in [0.2, 0.25) is 11.8 Å². The highest BCUT2D eigenvalue weighted by Crippen LogP contribution is 2.29. The molecule has 1 aliphatic heterocycles. The number of rotatable bonds is 7.